The Morgan fingerprint density at radius 3 is 1.36 bits per heavy atom. The molecule has 0 radical (unpaired) electrons. The van der Waals surface area contributed by atoms with Crippen molar-refractivity contribution >= 4 is 65.3 Å². The highest BCUT2D eigenvalue weighted by molar-refractivity contribution is 7.12. The highest BCUT2D eigenvalue weighted by Gasteiger charge is 2.27. The fraction of sp³-hybridized carbons (Fsp3) is 0.226. The number of carbonyl (C=O) groups excluding carboxylic acids is 5. The van der Waals surface area contributed by atoms with Crippen LogP contribution in [-0.4, -0.2) is 99.2 Å². The summed E-state index contributed by atoms with van der Waals surface area (Å²) in [5.41, 5.74) is 13.8. The molecule has 7 aromatic rings. The summed E-state index contributed by atoms with van der Waals surface area (Å²) < 4.78 is 9.47. The van der Waals surface area contributed by atoms with Gasteiger partial charge in [0.2, 0.25) is 11.9 Å². The predicted molar refractivity (Wildman–Crippen MR) is 284 cm³/mol. The number of phenols is 2. The third kappa shape index (κ3) is 14.8. The summed E-state index contributed by atoms with van der Waals surface area (Å²) in [5, 5.41) is 35.2. The lowest BCUT2D eigenvalue weighted by molar-refractivity contribution is -0.143. The van der Waals surface area contributed by atoms with Crippen LogP contribution in [0.15, 0.2) is 115 Å². The Kier molecular flexibility index (Phi) is 20.5. The topological polar surface area (TPSA) is 282 Å². The number of thiophene rings is 1. The molecule has 19 nitrogen and oxygen atoms in total. The Morgan fingerprint density at radius 2 is 0.973 bits per heavy atom. The minimum Gasteiger partial charge on any atom is -0.508 e. The van der Waals surface area contributed by atoms with Gasteiger partial charge < -0.3 is 52.0 Å². The number of nitrogens with one attached hydrogen (secondary N) is 5. The number of aryl methyl sites for hydroxylation is 4. The van der Waals surface area contributed by atoms with Crippen LogP contribution in [0.5, 0.6) is 11.5 Å². The van der Waals surface area contributed by atoms with Gasteiger partial charge in [0.05, 0.1) is 53.0 Å². The van der Waals surface area contributed by atoms with Crippen molar-refractivity contribution in [2.24, 2.45) is 5.73 Å². The van der Waals surface area contributed by atoms with Crippen molar-refractivity contribution in [2.45, 2.75) is 52.9 Å². The van der Waals surface area contributed by atoms with Crippen LogP contribution < -0.4 is 32.3 Å². The number of aromatic hydroxyl groups is 2. The number of phenolic OH excluding ortho intramolecular Hbond substituents is 2. The van der Waals surface area contributed by atoms with E-state index >= 15 is 0 Å². The molecule has 9 N–H and O–H groups in total. The van der Waals surface area contributed by atoms with E-state index in [0.29, 0.717) is 52.6 Å². The zero-order valence-corrected chi connectivity index (χ0v) is 43.0. The van der Waals surface area contributed by atoms with Crippen molar-refractivity contribution in [1.82, 2.24) is 35.9 Å². The molecule has 3 heterocycles. The van der Waals surface area contributed by atoms with Crippen LogP contribution in [0.25, 0.3) is 22.3 Å². The van der Waals surface area contributed by atoms with E-state index in [9.17, 15) is 34.2 Å². The van der Waals surface area contributed by atoms with E-state index < -0.39 is 35.8 Å². The van der Waals surface area contributed by atoms with E-state index in [0.717, 1.165) is 33.4 Å². The standard InChI is InChI=1S/C29H29N5O5S.C24H27N5O4.ClH/c1-17-25(27(37)34-23(28(38)39-3)16-30-26(36)24-9-6-14-40-24)18(2)33-29(32-17)31-15-20-7-4-5-8-22(20)19-10-12-21(35)13-11-19;1-14-21(22(31)29-20(12-25)23(32)33-3)15(2)28-24(27-14)26-13-17-6-4-5-7-19(17)16-8-10-18(30)11-9-16;/h4-14,23,35H,15-16H2,1-3H3,(H,30,36)(H,34,37)(H,31,32,33);4-11,20,30H,12-13,25H2,1-3H3,(H,29,31)(H,26,27,28);1H/t23-;20-;/m00./s1. The third-order valence-corrected chi connectivity index (χ3v) is 12.2. The number of amides is 3. The minimum atomic E-state index is -1.10. The Balaban J connectivity index is 0.000000275. The summed E-state index contributed by atoms with van der Waals surface area (Å²) in [4.78, 5) is 80.5. The largest absolute Gasteiger partial charge is 0.508 e. The zero-order chi connectivity index (χ0) is 52.6. The number of aromatic nitrogens is 4. The summed E-state index contributed by atoms with van der Waals surface area (Å²) in [7, 11) is 2.44. The molecule has 0 saturated heterocycles. The number of halogens is 1. The van der Waals surface area contributed by atoms with Gasteiger partial charge >= 0.3 is 11.9 Å². The number of rotatable bonds is 18. The SMILES string of the molecule is COC(=O)[C@H](CN)NC(=O)c1c(C)nc(NCc2ccccc2-c2ccc(O)cc2)nc1C.COC(=O)[C@H](CNC(=O)c1cccs1)NC(=O)c1c(C)nc(NCc2ccccc2-c2ccc(O)cc2)nc1C.Cl. The fourth-order valence-electron chi connectivity index (χ4n) is 7.63. The molecule has 386 valence electrons. The van der Waals surface area contributed by atoms with Gasteiger partial charge in [-0.2, -0.15) is 0 Å². The number of esters is 2. The quantitative estimate of drug-likeness (QED) is 0.0422. The van der Waals surface area contributed by atoms with Crippen molar-refractivity contribution in [3.63, 3.8) is 0 Å². The summed E-state index contributed by atoms with van der Waals surface area (Å²) in [6.07, 6.45) is 0. The highest BCUT2D eigenvalue weighted by Crippen LogP contribution is 2.28. The number of hydrogen-bond acceptors (Lipinski definition) is 17. The van der Waals surface area contributed by atoms with E-state index in [1.54, 1.807) is 69.5 Å². The zero-order valence-electron chi connectivity index (χ0n) is 41.4. The number of methoxy groups -OCH3 is 2. The summed E-state index contributed by atoms with van der Waals surface area (Å²) in [6, 6.07) is 31.1. The lowest BCUT2D eigenvalue weighted by Gasteiger charge is -2.18. The first-order chi connectivity index (χ1) is 35.1. The molecule has 0 saturated carbocycles. The van der Waals surface area contributed by atoms with Crippen LogP contribution in [0.2, 0.25) is 0 Å². The molecule has 4 aromatic carbocycles. The number of nitrogens with zero attached hydrogens (tertiary/aromatic N) is 4. The molecule has 2 atom stereocenters. The van der Waals surface area contributed by atoms with Crippen LogP contribution >= 0.6 is 23.7 Å². The van der Waals surface area contributed by atoms with Crippen molar-refractivity contribution in [2.75, 3.05) is 37.9 Å². The monoisotopic (exact) mass is 1040 g/mol. The second-order valence-electron chi connectivity index (χ2n) is 16.3. The Morgan fingerprint density at radius 1 is 0.568 bits per heavy atom. The van der Waals surface area contributed by atoms with Gasteiger partial charge in [0.1, 0.15) is 23.6 Å². The van der Waals surface area contributed by atoms with Gasteiger partial charge in [0.15, 0.2) is 0 Å². The smallest absolute Gasteiger partial charge is 0.330 e. The van der Waals surface area contributed by atoms with Gasteiger partial charge in [0, 0.05) is 26.2 Å². The summed E-state index contributed by atoms with van der Waals surface area (Å²) in [6.45, 7) is 7.43. The molecule has 3 amide bonds. The highest BCUT2D eigenvalue weighted by atomic mass is 35.5. The van der Waals surface area contributed by atoms with Crippen LogP contribution in [0.1, 0.15) is 64.3 Å². The second kappa shape index (κ2) is 26.8. The maximum absolute atomic E-state index is 13.2. The number of benzene rings is 4. The first kappa shape index (κ1) is 56.5. The second-order valence-corrected chi connectivity index (χ2v) is 17.3. The summed E-state index contributed by atoms with van der Waals surface area (Å²) >= 11 is 1.27. The number of anilines is 2. The molecular formula is C53H57ClN10O9S. The van der Waals surface area contributed by atoms with Crippen LogP contribution in [0.3, 0.4) is 0 Å². The molecule has 0 aliphatic heterocycles. The first-order valence-electron chi connectivity index (χ1n) is 22.8. The molecule has 21 heteroatoms. The molecule has 74 heavy (non-hydrogen) atoms. The maximum atomic E-state index is 13.2. The van der Waals surface area contributed by atoms with Gasteiger partial charge in [-0.1, -0.05) is 78.9 Å². The lowest BCUT2D eigenvalue weighted by Crippen LogP contribution is -2.49. The summed E-state index contributed by atoms with van der Waals surface area (Å²) in [5.74, 6) is -1.57. The molecular weight excluding hydrogens is 988 g/mol. The van der Waals surface area contributed by atoms with Gasteiger partial charge in [-0.05, 0) is 96.8 Å². The minimum absolute atomic E-state index is 0. The molecule has 3 aromatic heterocycles. The lowest BCUT2D eigenvalue weighted by atomic mass is 9.99. The van der Waals surface area contributed by atoms with E-state index in [1.165, 1.54) is 25.6 Å². The number of ether oxygens (including phenoxy) is 2. The van der Waals surface area contributed by atoms with Crippen LogP contribution in [0, 0.1) is 27.7 Å². The van der Waals surface area contributed by atoms with Crippen molar-refractivity contribution in [3.8, 4) is 33.8 Å². The van der Waals surface area contributed by atoms with Crippen LogP contribution in [0.4, 0.5) is 11.9 Å². The predicted octanol–water partition coefficient (Wildman–Crippen LogP) is 6.57. The average Bonchev–Trinajstić information content (AvgIpc) is 3.94. The molecule has 0 bridgehead atoms. The van der Waals surface area contributed by atoms with Gasteiger partial charge in [-0.25, -0.2) is 29.5 Å². The Labute approximate surface area is 437 Å². The molecule has 0 spiro atoms. The third-order valence-electron chi connectivity index (χ3n) is 11.3. The number of nitrogens with two attached hydrogens (primary N) is 1. The van der Waals surface area contributed by atoms with E-state index in [-0.39, 0.29) is 54.0 Å². The average molecular weight is 1050 g/mol. The normalized spacial score (nSPS) is 11.3. The number of hydrogen-bond donors (Lipinski definition) is 8. The van der Waals surface area contributed by atoms with Crippen molar-refractivity contribution < 1.29 is 43.7 Å². The van der Waals surface area contributed by atoms with E-state index in [1.807, 2.05) is 72.8 Å². The maximum Gasteiger partial charge on any atom is 0.330 e. The molecule has 0 unspecified atom stereocenters. The Hall–Kier alpha value is -8.46. The molecule has 0 aliphatic carbocycles. The van der Waals surface area contributed by atoms with Gasteiger partial charge in [-0.3, -0.25) is 14.4 Å². The fourth-order valence-corrected chi connectivity index (χ4v) is 8.27. The first-order valence-corrected chi connectivity index (χ1v) is 23.7. The molecule has 0 aliphatic rings. The van der Waals surface area contributed by atoms with E-state index in [4.69, 9.17) is 10.5 Å². The molecule has 7 rings (SSSR count). The van der Waals surface area contributed by atoms with Gasteiger partial charge in [-0.15, -0.1) is 23.7 Å². The van der Waals surface area contributed by atoms with E-state index in [2.05, 4.69) is 51.3 Å². The molecule has 0 fully saturated rings. The van der Waals surface area contributed by atoms with Crippen molar-refractivity contribution in [3.05, 3.63) is 164 Å². The Bertz CT molecular complexity index is 3020. The number of carbonyl (C=O) groups is 5. The van der Waals surface area contributed by atoms with Gasteiger partial charge in [0.25, 0.3) is 17.7 Å². The van der Waals surface area contributed by atoms with Crippen molar-refractivity contribution in [1.29, 1.82) is 0 Å². The van der Waals surface area contributed by atoms with Crippen LogP contribution in [-0.2, 0) is 32.2 Å².